The molecule has 0 bridgehead atoms. The van der Waals surface area contributed by atoms with Gasteiger partial charge >= 0.3 is 0 Å². The van der Waals surface area contributed by atoms with Gasteiger partial charge in [0.05, 0.1) is 6.54 Å². The quantitative estimate of drug-likeness (QED) is 0.619. The summed E-state index contributed by atoms with van der Waals surface area (Å²) in [7, 11) is 0. The van der Waals surface area contributed by atoms with Crippen LogP contribution in [0.1, 0.15) is 58.8 Å². The van der Waals surface area contributed by atoms with Gasteiger partial charge in [0, 0.05) is 18.0 Å². The second kappa shape index (κ2) is 4.25. The maximum atomic E-state index is 11.6. The molecule has 15 heavy (non-hydrogen) atoms. The molecule has 0 radical (unpaired) electrons. The smallest absolute Gasteiger partial charge is 0.148 e. The van der Waals surface area contributed by atoms with Crippen molar-refractivity contribution < 1.29 is 4.79 Å². The third-order valence-electron chi connectivity index (χ3n) is 4.02. The molecule has 2 aliphatic rings. The van der Waals surface area contributed by atoms with E-state index in [1.165, 1.54) is 38.5 Å². The van der Waals surface area contributed by atoms with Crippen LogP contribution in [-0.4, -0.2) is 28.8 Å². The van der Waals surface area contributed by atoms with Crippen LogP contribution < -0.4 is 0 Å². The molecule has 2 fully saturated rings. The molecule has 0 N–H and O–H groups in total. The van der Waals surface area contributed by atoms with Crippen LogP contribution in [0.5, 0.6) is 0 Å². The molecule has 1 aliphatic heterocycles. The summed E-state index contributed by atoms with van der Waals surface area (Å²) >= 11 is 0. The highest BCUT2D eigenvalue weighted by Gasteiger charge is 2.40. The Morgan fingerprint density at radius 1 is 1.13 bits per heavy atom. The molecular weight excluding hydrogens is 186 g/mol. The van der Waals surface area contributed by atoms with Crippen molar-refractivity contribution in [3.05, 3.63) is 0 Å². The van der Waals surface area contributed by atoms with Gasteiger partial charge in [0.1, 0.15) is 5.78 Å². The zero-order chi connectivity index (χ0) is 10.9. The molecular formula is C13H23NO. The van der Waals surface area contributed by atoms with Crippen LogP contribution in [0.3, 0.4) is 0 Å². The number of carbonyl (C=O) groups is 1. The molecule has 0 atom stereocenters. The van der Waals surface area contributed by atoms with Crippen LogP contribution >= 0.6 is 0 Å². The molecule has 0 aromatic heterocycles. The Balaban J connectivity index is 2.05. The second-order valence-electron chi connectivity index (χ2n) is 5.80. The Labute approximate surface area is 93.0 Å². The van der Waals surface area contributed by atoms with Gasteiger partial charge in [-0.15, -0.1) is 0 Å². The molecule has 2 heteroatoms. The fourth-order valence-corrected chi connectivity index (χ4v) is 3.24. The van der Waals surface area contributed by atoms with E-state index in [1.54, 1.807) is 0 Å². The Kier molecular flexibility index (Phi) is 3.15. The number of nitrogens with zero attached hydrogens (tertiary/aromatic N) is 1. The minimum atomic E-state index is 0.117. The Hall–Kier alpha value is -0.370. The fourth-order valence-electron chi connectivity index (χ4n) is 3.24. The first-order valence-electron chi connectivity index (χ1n) is 6.38. The molecule has 1 saturated heterocycles. The predicted octanol–water partition coefficient (Wildman–Crippen LogP) is 2.76. The first kappa shape index (κ1) is 11.1. The van der Waals surface area contributed by atoms with Gasteiger partial charge in [0.25, 0.3) is 0 Å². The molecule has 0 aromatic rings. The van der Waals surface area contributed by atoms with Gasteiger partial charge in [-0.3, -0.25) is 9.69 Å². The highest BCUT2D eigenvalue weighted by atomic mass is 16.1. The number of ketones is 1. The molecule has 0 spiro atoms. The summed E-state index contributed by atoms with van der Waals surface area (Å²) in [6.07, 6.45) is 8.84. The average molecular weight is 209 g/mol. The van der Waals surface area contributed by atoms with Gasteiger partial charge in [-0.05, 0) is 26.7 Å². The van der Waals surface area contributed by atoms with Crippen LogP contribution in [0.2, 0.25) is 0 Å². The average Bonchev–Trinajstić information content (AvgIpc) is 2.41. The third-order valence-corrected chi connectivity index (χ3v) is 4.02. The molecule has 2 nitrogen and oxygen atoms in total. The van der Waals surface area contributed by atoms with Gasteiger partial charge in [0.15, 0.2) is 0 Å². The summed E-state index contributed by atoms with van der Waals surface area (Å²) in [6, 6.07) is 0.675. The van der Waals surface area contributed by atoms with Crippen LogP contribution in [-0.2, 0) is 4.79 Å². The minimum absolute atomic E-state index is 0.117. The van der Waals surface area contributed by atoms with Gasteiger partial charge < -0.3 is 0 Å². The summed E-state index contributed by atoms with van der Waals surface area (Å²) in [5.41, 5.74) is 0.117. The first-order valence-corrected chi connectivity index (χ1v) is 6.38. The zero-order valence-corrected chi connectivity index (χ0v) is 10.1. The van der Waals surface area contributed by atoms with E-state index in [2.05, 4.69) is 18.7 Å². The molecule has 2 rings (SSSR count). The van der Waals surface area contributed by atoms with Crippen molar-refractivity contribution in [2.75, 3.05) is 6.54 Å². The van der Waals surface area contributed by atoms with E-state index in [0.29, 0.717) is 18.4 Å². The lowest BCUT2D eigenvalue weighted by atomic mass is 9.97. The van der Waals surface area contributed by atoms with E-state index in [-0.39, 0.29) is 5.54 Å². The van der Waals surface area contributed by atoms with E-state index in [4.69, 9.17) is 0 Å². The third kappa shape index (κ3) is 2.41. The van der Waals surface area contributed by atoms with E-state index >= 15 is 0 Å². The normalized spacial score (nSPS) is 29.3. The molecule has 1 aliphatic carbocycles. The Morgan fingerprint density at radius 2 is 1.73 bits per heavy atom. The number of rotatable bonds is 1. The van der Waals surface area contributed by atoms with Crippen LogP contribution in [0.25, 0.3) is 0 Å². The highest BCUT2D eigenvalue weighted by Crippen LogP contribution is 2.33. The molecule has 1 saturated carbocycles. The van der Waals surface area contributed by atoms with Gasteiger partial charge in [-0.25, -0.2) is 0 Å². The lowest BCUT2D eigenvalue weighted by Gasteiger charge is -2.37. The summed E-state index contributed by atoms with van der Waals surface area (Å²) in [6.45, 7) is 5.16. The van der Waals surface area contributed by atoms with Crippen molar-refractivity contribution in [2.24, 2.45) is 0 Å². The van der Waals surface area contributed by atoms with Crippen molar-refractivity contribution >= 4 is 5.78 Å². The lowest BCUT2D eigenvalue weighted by Crippen LogP contribution is -2.45. The summed E-state index contributed by atoms with van der Waals surface area (Å²) in [5, 5.41) is 0. The summed E-state index contributed by atoms with van der Waals surface area (Å²) in [5.74, 6) is 0.434. The number of likely N-dealkylation sites (tertiary alicyclic amines) is 1. The van der Waals surface area contributed by atoms with Crippen molar-refractivity contribution in [3.8, 4) is 0 Å². The zero-order valence-electron chi connectivity index (χ0n) is 10.1. The van der Waals surface area contributed by atoms with E-state index < -0.39 is 0 Å². The summed E-state index contributed by atoms with van der Waals surface area (Å²) < 4.78 is 0. The maximum absolute atomic E-state index is 11.6. The number of hydrogen-bond donors (Lipinski definition) is 0. The largest absolute Gasteiger partial charge is 0.298 e. The first-order chi connectivity index (χ1) is 7.09. The topological polar surface area (TPSA) is 20.3 Å². The van der Waals surface area contributed by atoms with Crippen molar-refractivity contribution in [1.82, 2.24) is 4.90 Å². The molecule has 0 aromatic carbocycles. The number of hydrogen-bond acceptors (Lipinski definition) is 2. The van der Waals surface area contributed by atoms with Crippen molar-refractivity contribution in [1.29, 1.82) is 0 Å². The summed E-state index contributed by atoms with van der Waals surface area (Å²) in [4.78, 5) is 14.0. The predicted molar refractivity (Wildman–Crippen MR) is 61.9 cm³/mol. The van der Waals surface area contributed by atoms with Crippen LogP contribution in [0.15, 0.2) is 0 Å². The SMILES string of the molecule is CC1(C)CC(=O)CN1C1CCCCCC1. The number of Topliss-reactive ketones (excluding diaryl/α,β-unsaturated/α-hetero) is 1. The molecule has 1 heterocycles. The monoisotopic (exact) mass is 209 g/mol. The van der Waals surface area contributed by atoms with E-state index in [1.807, 2.05) is 0 Å². The standard InChI is InChI=1S/C13H23NO/c1-13(2)9-12(15)10-14(13)11-7-5-3-4-6-8-11/h11H,3-10H2,1-2H3. The maximum Gasteiger partial charge on any atom is 0.148 e. The molecule has 86 valence electrons. The molecule has 0 amide bonds. The second-order valence-corrected chi connectivity index (χ2v) is 5.80. The molecule has 0 unspecified atom stereocenters. The van der Waals surface area contributed by atoms with Crippen molar-refractivity contribution in [3.63, 3.8) is 0 Å². The van der Waals surface area contributed by atoms with Crippen molar-refractivity contribution in [2.45, 2.75) is 70.4 Å². The Bertz CT molecular complexity index is 239. The van der Waals surface area contributed by atoms with Crippen LogP contribution in [0, 0.1) is 0 Å². The van der Waals surface area contributed by atoms with Gasteiger partial charge in [-0.2, -0.15) is 0 Å². The van der Waals surface area contributed by atoms with Gasteiger partial charge in [-0.1, -0.05) is 25.7 Å². The van der Waals surface area contributed by atoms with Gasteiger partial charge in [0.2, 0.25) is 0 Å². The number of carbonyl (C=O) groups excluding carboxylic acids is 1. The fraction of sp³-hybridized carbons (Fsp3) is 0.923. The van der Waals surface area contributed by atoms with E-state index in [9.17, 15) is 4.79 Å². The highest BCUT2D eigenvalue weighted by molar-refractivity contribution is 5.84. The minimum Gasteiger partial charge on any atom is -0.298 e. The van der Waals surface area contributed by atoms with Crippen LogP contribution in [0.4, 0.5) is 0 Å². The van der Waals surface area contributed by atoms with E-state index in [0.717, 1.165) is 6.42 Å². The Morgan fingerprint density at radius 3 is 2.20 bits per heavy atom. The lowest BCUT2D eigenvalue weighted by molar-refractivity contribution is -0.117.